The zero-order chi connectivity index (χ0) is 13.7. The number of hydrogen-bond donors (Lipinski definition) is 3. The molecule has 4 N–H and O–H groups in total. The van der Waals surface area contributed by atoms with Gasteiger partial charge in [0, 0.05) is 34.2 Å². The van der Waals surface area contributed by atoms with Crippen molar-refractivity contribution in [1.82, 2.24) is 25.3 Å². The third kappa shape index (κ3) is 3.37. The first-order valence-electron chi connectivity index (χ1n) is 5.44. The average molecular weight is 254 g/mol. The highest BCUT2D eigenvalue weighted by Crippen LogP contribution is 2.08. The summed E-state index contributed by atoms with van der Waals surface area (Å²) >= 11 is 0. The van der Waals surface area contributed by atoms with Crippen LogP contribution in [0.15, 0.2) is 6.20 Å². The van der Waals surface area contributed by atoms with Crippen molar-refractivity contribution in [3.8, 4) is 0 Å². The highest BCUT2D eigenvalue weighted by molar-refractivity contribution is 5.97. The molecule has 1 heterocycles. The van der Waals surface area contributed by atoms with Crippen LogP contribution in [0.1, 0.15) is 10.5 Å². The molecule has 100 valence electrons. The van der Waals surface area contributed by atoms with Crippen LogP contribution in [0.25, 0.3) is 0 Å². The molecule has 0 spiro atoms. The van der Waals surface area contributed by atoms with Crippen LogP contribution in [0.3, 0.4) is 0 Å². The van der Waals surface area contributed by atoms with Gasteiger partial charge in [0.05, 0.1) is 11.9 Å². The van der Waals surface area contributed by atoms with E-state index in [4.69, 9.17) is 5.73 Å². The summed E-state index contributed by atoms with van der Waals surface area (Å²) in [5, 5.41) is 9.15. The minimum absolute atomic E-state index is 0.204. The Balaban J connectivity index is 2.37. The number of hydrogen-bond acceptors (Lipinski definition) is 4. The average Bonchev–Trinajstić information content (AvgIpc) is 2.63. The van der Waals surface area contributed by atoms with Crippen molar-refractivity contribution in [2.45, 2.75) is 0 Å². The summed E-state index contributed by atoms with van der Waals surface area (Å²) in [7, 11) is 4.92. The van der Waals surface area contributed by atoms with Gasteiger partial charge in [-0.3, -0.25) is 9.48 Å². The maximum absolute atomic E-state index is 11.8. The van der Waals surface area contributed by atoms with Gasteiger partial charge in [0.15, 0.2) is 0 Å². The molecule has 3 amide bonds. The number of urea groups is 1. The van der Waals surface area contributed by atoms with Crippen LogP contribution in [0.2, 0.25) is 0 Å². The predicted octanol–water partition coefficient (Wildman–Crippen LogP) is -0.997. The van der Waals surface area contributed by atoms with E-state index in [2.05, 4.69) is 15.7 Å². The van der Waals surface area contributed by atoms with E-state index in [1.165, 1.54) is 15.8 Å². The van der Waals surface area contributed by atoms with Gasteiger partial charge in [0.2, 0.25) is 0 Å². The molecule has 0 aromatic carbocycles. The lowest BCUT2D eigenvalue weighted by Crippen LogP contribution is -2.40. The molecule has 0 unspecified atom stereocenters. The number of amides is 3. The van der Waals surface area contributed by atoms with Crippen molar-refractivity contribution in [3.63, 3.8) is 0 Å². The van der Waals surface area contributed by atoms with Crippen LogP contribution in [0.4, 0.5) is 10.5 Å². The number of nitrogens with zero attached hydrogens (tertiary/aromatic N) is 3. The van der Waals surface area contributed by atoms with Crippen molar-refractivity contribution in [1.29, 1.82) is 0 Å². The Hall–Kier alpha value is -2.25. The number of carbonyl (C=O) groups excluding carboxylic acids is 2. The fourth-order valence-electron chi connectivity index (χ4n) is 1.32. The summed E-state index contributed by atoms with van der Waals surface area (Å²) in [6, 6.07) is -0.204. The van der Waals surface area contributed by atoms with Crippen LogP contribution >= 0.6 is 0 Å². The molecule has 0 aliphatic rings. The van der Waals surface area contributed by atoms with Crippen LogP contribution in [-0.2, 0) is 7.05 Å². The first-order chi connectivity index (χ1) is 8.43. The Morgan fingerprint density at radius 2 is 2.00 bits per heavy atom. The number of aryl methyl sites for hydroxylation is 1. The molecule has 18 heavy (non-hydrogen) atoms. The molecule has 0 radical (unpaired) electrons. The third-order valence-electron chi connectivity index (χ3n) is 2.28. The van der Waals surface area contributed by atoms with Gasteiger partial charge in [-0.05, 0) is 0 Å². The molecule has 0 fully saturated rings. The second-order valence-electron chi connectivity index (χ2n) is 3.95. The van der Waals surface area contributed by atoms with E-state index in [0.29, 0.717) is 24.5 Å². The molecule has 1 rings (SSSR count). The fraction of sp³-hybridized carbons (Fsp3) is 0.500. The number of aromatic nitrogens is 2. The Kier molecular flexibility index (Phi) is 4.52. The summed E-state index contributed by atoms with van der Waals surface area (Å²) in [6.45, 7) is 0.670. The maximum Gasteiger partial charge on any atom is 0.316 e. The Bertz CT molecular complexity index is 420. The predicted molar refractivity (Wildman–Crippen MR) is 67.0 cm³/mol. The fourth-order valence-corrected chi connectivity index (χ4v) is 1.32. The number of anilines is 1. The van der Waals surface area contributed by atoms with E-state index >= 15 is 0 Å². The van der Waals surface area contributed by atoms with Crippen LogP contribution < -0.4 is 16.4 Å². The second kappa shape index (κ2) is 5.89. The lowest BCUT2D eigenvalue weighted by Gasteiger charge is -2.12. The molecule has 0 saturated carbocycles. The van der Waals surface area contributed by atoms with E-state index < -0.39 is 0 Å². The number of nitrogens with one attached hydrogen (secondary N) is 2. The molecule has 8 nitrogen and oxygen atoms in total. The van der Waals surface area contributed by atoms with Gasteiger partial charge in [-0.25, -0.2) is 4.79 Å². The maximum atomic E-state index is 11.8. The van der Waals surface area contributed by atoms with Crippen LogP contribution in [0.5, 0.6) is 0 Å². The molecule has 0 aliphatic carbocycles. The molecule has 1 aromatic heterocycles. The smallest absolute Gasteiger partial charge is 0.316 e. The second-order valence-corrected chi connectivity index (χ2v) is 3.95. The van der Waals surface area contributed by atoms with Gasteiger partial charge >= 0.3 is 6.03 Å². The standard InChI is InChI=1S/C10H18N6O2/c1-15(2)10(18)13-5-4-12-9(17)8-7(11)6-14-16(8)3/h6H,4-5,11H2,1-3H3,(H,12,17)(H,13,18). The number of carbonyl (C=O) groups is 2. The van der Waals surface area contributed by atoms with E-state index in [1.807, 2.05) is 0 Å². The first-order valence-corrected chi connectivity index (χ1v) is 5.44. The van der Waals surface area contributed by atoms with E-state index in [0.717, 1.165) is 0 Å². The van der Waals surface area contributed by atoms with E-state index in [1.54, 1.807) is 21.1 Å². The summed E-state index contributed by atoms with van der Waals surface area (Å²) in [5.74, 6) is -0.313. The van der Waals surface area contributed by atoms with Crippen molar-refractivity contribution in [2.24, 2.45) is 7.05 Å². The minimum atomic E-state index is -0.313. The minimum Gasteiger partial charge on any atom is -0.396 e. The van der Waals surface area contributed by atoms with Gasteiger partial charge in [-0.15, -0.1) is 0 Å². The topological polar surface area (TPSA) is 105 Å². The molecular formula is C10H18N6O2. The van der Waals surface area contributed by atoms with E-state index in [-0.39, 0.29) is 11.9 Å². The molecule has 8 heteroatoms. The van der Waals surface area contributed by atoms with Gasteiger partial charge < -0.3 is 21.3 Å². The number of nitrogen functional groups attached to an aromatic ring is 1. The van der Waals surface area contributed by atoms with Gasteiger partial charge in [-0.2, -0.15) is 5.10 Å². The quantitative estimate of drug-likeness (QED) is 0.599. The molecule has 0 atom stereocenters. The highest BCUT2D eigenvalue weighted by atomic mass is 16.2. The van der Waals surface area contributed by atoms with Gasteiger partial charge in [-0.1, -0.05) is 0 Å². The van der Waals surface area contributed by atoms with Crippen LogP contribution in [0, 0.1) is 0 Å². The lowest BCUT2D eigenvalue weighted by molar-refractivity contribution is 0.0945. The highest BCUT2D eigenvalue weighted by Gasteiger charge is 2.14. The molecule has 0 aliphatic heterocycles. The zero-order valence-corrected chi connectivity index (χ0v) is 10.7. The monoisotopic (exact) mass is 254 g/mol. The van der Waals surface area contributed by atoms with Crippen molar-refractivity contribution < 1.29 is 9.59 Å². The Labute approximate surface area is 105 Å². The van der Waals surface area contributed by atoms with Gasteiger partial charge in [0.25, 0.3) is 5.91 Å². The van der Waals surface area contributed by atoms with Crippen molar-refractivity contribution >= 4 is 17.6 Å². The largest absolute Gasteiger partial charge is 0.396 e. The van der Waals surface area contributed by atoms with Crippen LogP contribution in [-0.4, -0.2) is 53.8 Å². The van der Waals surface area contributed by atoms with Crippen molar-refractivity contribution in [2.75, 3.05) is 32.9 Å². The molecule has 1 aromatic rings. The van der Waals surface area contributed by atoms with Gasteiger partial charge in [0.1, 0.15) is 5.69 Å². The number of nitrogens with two attached hydrogens (primary N) is 1. The third-order valence-corrected chi connectivity index (χ3v) is 2.28. The van der Waals surface area contributed by atoms with E-state index in [9.17, 15) is 9.59 Å². The molecule has 0 saturated heterocycles. The summed E-state index contributed by atoms with van der Waals surface area (Å²) in [5.41, 5.74) is 6.25. The summed E-state index contributed by atoms with van der Waals surface area (Å²) < 4.78 is 1.41. The SMILES string of the molecule is CN(C)C(=O)NCCNC(=O)c1c(N)cnn1C. The Morgan fingerprint density at radius 3 is 2.50 bits per heavy atom. The first kappa shape index (κ1) is 13.8. The molecule has 0 bridgehead atoms. The summed E-state index contributed by atoms with van der Waals surface area (Å²) in [4.78, 5) is 24.4. The van der Waals surface area contributed by atoms with Crippen molar-refractivity contribution in [3.05, 3.63) is 11.9 Å². The number of rotatable bonds is 4. The molecular weight excluding hydrogens is 236 g/mol. The zero-order valence-electron chi connectivity index (χ0n) is 10.7. The summed E-state index contributed by atoms with van der Waals surface area (Å²) in [6.07, 6.45) is 1.42. The Morgan fingerprint density at radius 1 is 1.39 bits per heavy atom. The lowest BCUT2D eigenvalue weighted by atomic mass is 10.3. The normalized spacial score (nSPS) is 9.94.